The van der Waals surface area contributed by atoms with E-state index in [-0.39, 0.29) is 12.8 Å². The number of rotatable bonds is 2. The molecule has 25 heavy (non-hydrogen) atoms. The summed E-state index contributed by atoms with van der Waals surface area (Å²) in [5, 5.41) is 29.1. The third kappa shape index (κ3) is 2.95. The predicted molar refractivity (Wildman–Crippen MR) is 76.4 cm³/mol. The minimum Gasteiger partial charge on any atom is -0.417 e. The number of nitrogen functional groups attached to an aromatic ring is 1. The van der Waals surface area contributed by atoms with Crippen LogP contribution in [-0.2, 0) is 14.3 Å². The molecule has 12 heteroatoms. The minimum absolute atomic E-state index is 0.259. The second-order valence-corrected chi connectivity index (χ2v) is 5.46. The normalized spacial score (nSPS) is 29.4. The summed E-state index contributed by atoms with van der Waals surface area (Å²) in [7, 11) is 0. The van der Waals surface area contributed by atoms with Crippen molar-refractivity contribution >= 4 is 17.8 Å². The van der Waals surface area contributed by atoms with E-state index < -0.39 is 66.2 Å². The second kappa shape index (κ2) is 6.40. The van der Waals surface area contributed by atoms with Crippen LogP contribution in [-0.4, -0.2) is 61.7 Å². The van der Waals surface area contributed by atoms with Crippen molar-refractivity contribution in [2.75, 3.05) is 12.3 Å². The molecule has 0 aliphatic carbocycles. The van der Waals surface area contributed by atoms with Crippen LogP contribution >= 0.6 is 0 Å². The molecule has 12 nitrogen and oxygen atoms in total. The van der Waals surface area contributed by atoms with Crippen LogP contribution in [0.5, 0.6) is 11.6 Å². The van der Waals surface area contributed by atoms with Gasteiger partial charge in [-0.25, -0.2) is 9.36 Å². The highest BCUT2D eigenvalue weighted by atomic mass is 16.6. The number of carbonyl (C=O) groups is 2. The Morgan fingerprint density at radius 3 is 2.36 bits per heavy atom. The highest BCUT2D eigenvalue weighted by Crippen LogP contribution is 2.38. The molecule has 0 aromatic carbocycles. The Hall–Kier alpha value is -2.54. The van der Waals surface area contributed by atoms with Crippen molar-refractivity contribution < 1.29 is 39.1 Å². The molecule has 3 heterocycles. The molecule has 1 aromatic heterocycles. The zero-order valence-electron chi connectivity index (χ0n) is 12.7. The van der Waals surface area contributed by atoms with Crippen LogP contribution < -0.4 is 20.9 Å². The number of nitrogens with zero attached hydrogens (tertiary/aromatic N) is 2. The molecule has 0 amide bonds. The lowest BCUT2D eigenvalue weighted by Gasteiger charge is -2.23. The van der Waals surface area contributed by atoms with Gasteiger partial charge in [-0.2, -0.15) is 4.98 Å². The highest BCUT2D eigenvalue weighted by Gasteiger charge is 2.46. The molecule has 4 atom stereocenters. The van der Waals surface area contributed by atoms with E-state index in [4.69, 9.17) is 25.1 Å². The molecule has 1 fully saturated rings. The number of carbonyl (C=O) groups excluding carboxylic acids is 2. The van der Waals surface area contributed by atoms with Crippen LogP contribution in [0.2, 0.25) is 0 Å². The number of fused-ring (bicyclic) bond motifs is 1. The van der Waals surface area contributed by atoms with Crippen LogP contribution in [0.3, 0.4) is 0 Å². The van der Waals surface area contributed by atoms with Crippen LogP contribution in [0.15, 0.2) is 4.79 Å². The van der Waals surface area contributed by atoms with Gasteiger partial charge in [0.2, 0.25) is 5.75 Å². The molecular weight excluding hydrogens is 342 g/mol. The molecule has 1 aromatic rings. The number of aliphatic hydroxyl groups excluding tert-OH is 3. The van der Waals surface area contributed by atoms with E-state index in [1.807, 2.05) is 0 Å². The lowest BCUT2D eigenvalue weighted by Crippen LogP contribution is -2.38. The van der Waals surface area contributed by atoms with Gasteiger partial charge in [-0.15, -0.1) is 0 Å². The van der Waals surface area contributed by atoms with Crippen molar-refractivity contribution in [2.45, 2.75) is 37.4 Å². The first-order chi connectivity index (χ1) is 11.8. The summed E-state index contributed by atoms with van der Waals surface area (Å²) in [5.74, 6) is -3.19. The minimum atomic E-state index is -1.65. The van der Waals surface area contributed by atoms with Gasteiger partial charge in [-0.05, 0) is 0 Å². The van der Waals surface area contributed by atoms with Crippen LogP contribution in [0.1, 0.15) is 19.1 Å². The summed E-state index contributed by atoms with van der Waals surface area (Å²) in [4.78, 5) is 39.2. The van der Waals surface area contributed by atoms with Gasteiger partial charge in [0.25, 0.3) is 5.88 Å². The van der Waals surface area contributed by atoms with Crippen molar-refractivity contribution in [3.05, 3.63) is 10.5 Å². The summed E-state index contributed by atoms with van der Waals surface area (Å²) in [5.41, 5.74) is 4.49. The smallest absolute Gasteiger partial charge is 0.354 e. The topological polar surface area (TPSA) is 183 Å². The highest BCUT2D eigenvalue weighted by molar-refractivity contribution is 5.83. The standard InChI is InChI=1S/C13H15N3O9/c14-10-9-12(25-6(19)2-1-5(18)24-9)16(13(22)15-10)11-8(21)7(20)4(3-17)23-11/h4,7-8,11,17,20-21H,1-3H2,(H2,14,15,22)/t4-,7-,8-,11?/m1/s1. The molecule has 3 rings (SSSR count). The number of anilines is 1. The van der Waals surface area contributed by atoms with Gasteiger partial charge in [0.1, 0.15) is 18.3 Å². The van der Waals surface area contributed by atoms with E-state index in [9.17, 15) is 24.6 Å². The average Bonchev–Trinajstić information content (AvgIpc) is 2.83. The molecule has 2 aliphatic heterocycles. The summed E-state index contributed by atoms with van der Waals surface area (Å²) in [6.45, 7) is -0.636. The molecule has 0 bridgehead atoms. The lowest BCUT2D eigenvalue weighted by molar-refractivity contribution is -0.143. The van der Waals surface area contributed by atoms with Gasteiger partial charge in [0.05, 0.1) is 19.4 Å². The first kappa shape index (κ1) is 17.3. The van der Waals surface area contributed by atoms with Gasteiger partial charge in [-0.3, -0.25) is 9.59 Å². The zero-order chi connectivity index (χ0) is 18.3. The van der Waals surface area contributed by atoms with Gasteiger partial charge >= 0.3 is 17.6 Å². The number of hydrogen-bond donors (Lipinski definition) is 4. The maximum Gasteiger partial charge on any atom is 0.354 e. The van der Waals surface area contributed by atoms with E-state index in [1.165, 1.54) is 0 Å². The maximum absolute atomic E-state index is 12.2. The molecule has 1 unspecified atom stereocenters. The fourth-order valence-corrected chi connectivity index (χ4v) is 2.55. The molecule has 0 radical (unpaired) electrons. The predicted octanol–water partition coefficient (Wildman–Crippen LogP) is -2.96. The Balaban J connectivity index is 2.16. The molecule has 0 saturated carbocycles. The summed E-state index contributed by atoms with van der Waals surface area (Å²) in [6.07, 6.45) is -6.46. The molecule has 136 valence electrons. The first-order valence-corrected chi connectivity index (χ1v) is 7.29. The molecule has 1 saturated heterocycles. The van der Waals surface area contributed by atoms with Crippen molar-refractivity contribution in [3.8, 4) is 11.6 Å². The monoisotopic (exact) mass is 357 g/mol. The van der Waals surface area contributed by atoms with Crippen molar-refractivity contribution in [3.63, 3.8) is 0 Å². The van der Waals surface area contributed by atoms with Gasteiger partial charge in [-0.1, -0.05) is 0 Å². The lowest BCUT2D eigenvalue weighted by atomic mass is 10.1. The van der Waals surface area contributed by atoms with E-state index in [0.29, 0.717) is 4.57 Å². The third-order valence-corrected chi connectivity index (χ3v) is 3.80. The average molecular weight is 357 g/mol. The molecule has 5 N–H and O–H groups in total. The summed E-state index contributed by atoms with van der Waals surface area (Å²) >= 11 is 0. The van der Waals surface area contributed by atoms with Gasteiger partial charge in [0.15, 0.2) is 12.0 Å². The van der Waals surface area contributed by atoms with Crippen molar-refractivity contribution in [1.29, 1.82) is 0 Å². The summed E-state index contributed by atoms with van der Waals surface area (Å²) < 4.78 is 15.9. The summed E-state index contributed by atoms with van der Waals surface area (Å²) in [6, 6.07) is 0. The Morgan fingerprint density at radius 1 is 1.12 bits per heavy atom. The van der Waals surface area contributed by atoms with Crippen LogP contribution in [0.4, 0.5) is 5.82 Å². The Bertz CT molecular complexity index is 777. The number of ether oxygens (including phenoxy) is 3. The van der Waals surface area contributed by atoms with E-state index in [1.54, 1.807) is 0 Å². The Morgan fingerprint density at radius 2 is 1.76 bits per heavy atom. The first-order valence-electron chi connectivity index (χ1n) is 7.29. The number of esters is 2. The second-order valence-electron chi connectivity index (χ2n) is 5.46. The van der Waals surface area contributed by atoms with Crippen molar-refractivity contribution in [1.82, 2.24) is 9.55 Å². The van der Waals surface area contributed by atoms with E-state index in [0.717, 1.165) is 0 Å². The number of hydrogen-bond acceptors (Lipinski definition) is 11. The fourth-order valence-electron chi connectivity index (χ4n) is 2.55. The Labute approximate surface area is 139 Å². The zero-order valence-corrected chi connectivity index (χ0v) is 12.7. The van der Waals surface area contributed by atoms with Gasteiger partial charge in [0, 0.05) is 0 Å². The number of aliphatic hydroxyl groups is 3. The van der Waals surface area contributed by atoms with E-state index in [2.05, 4.69) is 4.98 Å². The SMILES string of the molecule is Nc1nc(=O)n(C2O[C@H](CO)[C@@H](O)[C@H]2O)c2c1OC(=O)CCC(=O)O2. The number of aromatic nitrogens is 2. The maximum atomic E-state index is 12.2. The number of nitrogens with two attached hydrogens (primary N) is 1. The van der Waals surface area contributed by atoms with E-state index >= 15 is 0 Å². The van der Waals surface area contributed by atoms with Crippen molar-refractivity contribution in [2.24, 2.45) is 0 Å². The molecule has 2 aliphatic rings. The molecular formula is C13H15N3O9. The fraction of sp³-hybridized carbons (Fsp3) is 0.538. The molecule has 0 spiro atoms. The van der Waals surface area contributed by atoms with Crippen LogP contribution in [0.25, 0.3) is 0 Å². The van der Waals surface area contributed by atoms with Crippen LogP contribution in [0, 0.1) is 0 Å². The quantitative estimate of drug-likeness (QED) is 0.397. The third-order valence-electron chi connectivity index (χ3n) is 3.80. The Kier molecular flexibility index (Phi) is 4.43. The van der Waals surface area contributed by atoms with Gasteiger partial charge < -0.3 is 35.3 Å². The largest absolute Gasteiger partial charge is 0.417 e.